The molecule has 2 heterocycles. The minimum absolute atomic E-state index is 0.0881. The lowest BCUT2D eigenvalue weighted by molar-refractivity contribution is 0.833. The number of benzene rings is 3. The van der Waals surface area contributed by atoms with Crippen molar-refractivity contribution in [3.63, 3.8) is 0 Å². The molecule has 0 spiro atoms. The standard InChI is InChI=1S/C27H22N4O/c1-19-23(20(2)31(29-19)22-13-7-4-8-14-22)17-18-26-28-25-16-10-9-15-24(25)27(32)30(26)21-11-5-3-6-12-21/h3-18H,1-2H3/b18-17+. The van der Waals surface area contributed by atoms with Gasteiger partial charge < -0.3 is 0 Å². The summed E-state index contributed by atoms with van der Waals surface area (Å²) in [6.45, 7) is 4.04. The fraction of sp³-hybridized carbons (Fsp3) is 0.0741. The summed E-state index contributed by atoms with van der Waals surface area (Å²) in [6.07, 6.45) is 3.89. The Morgan fingerprint density at radius 3 is 2.09 bits per heavy atom. The molecular formula is C27H22N4O. The van der Waals surface area contributed by atoms with Crippen LogP contribution in [0.3, 0.4) is 0 Å². The third-order valence-corrected chi connectivity index (χ3v) is 5.56. The van der Waals surface area contributed by atoms with Gasteiger partial charge in [-0.15, -0.1) is 0 Å². The molecule has 0 bridgehead atoms. The van der Waals surface area contributed by atoms with Crippen LogP contribution in [-0.2, 0) is 0 Å². The molecule has 5 heteroatoms. The fourth-order valence-electron chi connectivity index (χ4n) is 3.96. The molecular weight excluding hydrogens is 396 g/mol. The van der Waals surface area contributed by atoms with Gasteiger partial charge in [0.25, 0.3) is 5.56 Å². The van der Waals surface area contributed by atoms with Crippen LogP contribution in [0.1, 0.15) is 22.8 Å². The van der Waals surface area contributed by atoms with E-state index >= 15 is 0 Å². The molecule has 0 aliphatic heterocycles. The van der Waals surface area contributed by atoms with Gasteiger partial charge in [0, 0.05) is 11.3 Å². The third-order valence-electron chi connectivity index (χ3n) is 5.56. The van der Waals surface area contributed by atoms with E-state index in [4.69, 9.17) is 10.1 Å². The largest absolute Gasteiger partial charge is 0.268 e. The fourth-order valence-corrected chi connectivity index (χ4v) is 3.96. The summed E-state index contributed by atoms with van der Waals surface area (Å²) < 4.78 is 3.60. The molecule has 0 saturated carbocycles. The monoisotopic (exact) mass is 418 g/mol. The number of aromatic nitrogens is 4. The molecule has 3 aromatic carbocycles. The van der Waals surface area contributed by atoms with Gasteiger partial charge in [-0.25, -0.2) is 9.67 Å². The number of hydrogen-bond donors (Lipinski definition) is 0. The molecule has 0 atom stereocenters. The Labute approximate surface area is 185 Å². The smallest absolute Gasteiger partial charge is 0.266 e. The quantitative estimate of drug-likeness (QED) is 0.395. The van der Waals surface area contributed by atoms with Crippen LogP contribution >= 0.6 is 0 Å². The lowest BCUT2D eigenvalue weighted by Crippen LogP contribution is -2.22. The Balaban J connectivity index is 1.67. The second-order valence-electron chi connectivity index (χ2n) is 7.63. The topological polar surface area (TPSA) is 52.7 Å². The Kier molecular flexibility index (Phi) is 5.00. The first-order chi connectivity index (χ1) is 15.6. The van der Waals surface area contributed by atoms with Crippen molar-refractivity contribution in [2.75, 3.05) is 0 Å². The lowest BCUT2D eigenvalue weighted by atomic mass is 10.1. The van der Waals surface area contributed by atoms with Crippen LogP contribution in [0, 0.1) is 13.8 Å². The van der Waals surface area contributed by atoms with Gasteiger partial charge in [-0.3, -0.25) is 9.36 Å². The molecule has 0 radical (unpaired) electrons. The summed E-state index contributed by atoms with van der Waals surface area (Å²) in [5, 5.41) is 5.31. The van der Waals surface area contributed by atoms with Gasteiger partial charge in [0.05, 0.1) is 28.0 Å². The van der Waals surface area contributed by atoms with Crippen LogP contribution in [-0.4, -0.2) is 19.3 Å². The van der Waals surface area contributed by atoms with E-state index in [1.165, 1.54) is 0 Å². The molecule has 156 valence electrons. The molecule has 0 amide bonds. The van der Waals surface area contributed by atoms with Crippen molar-refractivity contribution >= 4 is 23.1 Å². The molecule has 5 aromatic rings. The van der Waals surface area contributed by atoms with Gasteiger partial charge in [0.15, 0.2) is 0 Å². The van der Waals surface area contributed by atoms with E-state index in [-0.39, 0.29) is 5.56 Å². The summed E-state index contributed by atoms with van der Waals surface area (Å²) in [5.41, 5.74) is 5.33. The summed E-state index contributed by atoms with van der Waals surface area (Å²) in [6, 6.07) is 27.1. The Morgan fingerprint density at radius 1 is 0.750 bits per heavy atom. The highest BCUT2D eigenvalue weighted by molar-refractivity contribution is 5.80. The molecule has 0 N–H and O–H groups in total. The van der Waals surface area contributed by atoms with Gasteiger partial charge in [0.1, 0.15) is 5.82 Å². The minimum atomic E-state index is -0.0881. The van der Waals surface area contributed by atoms with E-state index in [0.717, 1.165) is 28.3 Å². The molecule has 0 unspecified atom stereocenters. The Bertz CT molecular complexity index is 1500. The number of para-hydroxylation sites is 3. The molecule has 0 aliphatic rings. The zero-order valence-corrected chi connectivity index (χ0v) is 17.9. The summed E-state index contributed by atoms with van der Waals surface area (Å²) in [4.78, 5) is 18.2. The van der Waals surface area contributed by atoms with Crippen molar-refractivity contribution in [3.8, 4) is 11.4 Å². The van der Waals surface area contributed by atoms with Crippen molar-refractivity contribution < 1.29 is 0 Å². The van der Waals surface area contributed by atoms with E-state index in [2.05, 4.69) is 0 Å². The zero-order chi connectivity index (χ0) is 22.1. The van der Waals surface area contributed by atoms with Crippen LogP contribution in [0.25, 0.3) is 34.4 Å². The number of hydrogen-bond acceptors (Lipinski definition) is 3. The van der Waals surface area contributed by atoms with Crippen LogP contribution in [0.5, 0.6) is 0 Å². The summed E-state index contributed by atoms with van der Waals surface area (Å²) in [7, 11) is 0. The second-order valence-corrected chi connectivity index (χ2v) is 7.63. The maximum absolute atomic E-state index is 13.4. The molecule has 5 nitrogen and oxygen atoms in total. The molecule has 5 rings (SSSR count). The lowest BCUT2D eigenvalue weighted by Gasteiger charge is -2.11. The van der Waals surface area contributed by atoms with E-state index < -0.39 is 0 Å². The zero-order valence-electron chi connectivity index (χ0n) is 17.9. The summed E-state index contributed by atoms with van der Waals surface area (Å²) in [5.74, 6) is 0.575. The number of nitrogens with zero attached hydrogens (tertiary/aromatic N) is 4. The van der Waals surface area contributed by atoms with Gasteiger partial charge >= 0.3 is 0 Å². The van der Waals surface area contributed by atoms with Crippen molar-refractivity contribution in [2.45, 2.75) is 13.8 Å². The SMILES string of the molecule is Cc1nn(-c2ccccc2)c(C)c1/C=C/c1nc2ccccc2c(=O)n1-c1ccccc1. The highest BCUT2D eigenvalue weighted by atomic mass is 16.1. The molecule has 0 aliphatic carbocycles. The normalized spacial score (nSPS) is 11.4. The van der Waals surface area contributed by atoms with Gasteiger partial charge in [-0.2, -0.15) is 5.10 Å². The van der Waals surface area contributed by atoms with Crippen molar-refractivity contribution in [2.24, 2.45) is 0 Å². The molecule has 0 saturated heterocycles. The molecule has 32 heavy (non-hydrogen) atoms. The maximum Gasteiger partial charge on any atom is 0.266 e. The van der Waals surface area contributed by atoms with E-state index in [1.54, 1.807) is 4.57 Å². The first-order valence-corrected chi connectivity index (χ1v) is 10.5. The van der Waals surface area contributed by atoms with E-state index in [9.17, 15) is 4.79 Å². The van der Waals surface area contributed by atoms with Crippen molar-refractivity contribution in [3.05, 3.63) is 118 Å². The first kappa shape index (κ1) is 19.7. The summed E-state index contributed by atoms with van der Waals surface area (Å²) >= 11 is 0. The average molecular weight is 419 g/mol. The van der Waals surface area contributed by atoms with Crippen LogP contribution in [0.4, 0.5) is 0 Å². The number of aryl methyl sites for hydroxylation is 1. The minimum Gasteiger partial charge on any atom is -0.268 e. The molecule has 2 aromatic heterocycles. The van der Waals surface area contributed by atoms with E-state index in [0.29, 0.717) is 16.7 Å². The predicted octanol–water partition coefficient (Wildman–Crippen LogP) is 5.36. The van der Waals surface area contributed by atoms with Crippen LogP contribution in [0.2, 0.25) is 0 Å². The van der Waals surface area contributed by atoms with E-state index in [1.807, 2.05) is 116 Å². The van der Waals surface area contributed by atoms with Crippen molar-refractivity contribution in [1.29, 1.82) is 0 Å². The second kappa shape index (κ2) is 8.12. The van der Waals surface area contributed by atoms with Gasteiger partial charge in [-0.05, 0) is 62.4 Å². The van der Waals surface area contributed by atoms with Crippen molar-refractivity contribution in [1.82, 2.24) is 19.3 Å². The first-order valence-electron chi connectivity index (χ1n) is 10.5. The Morgan fingerprint density at radius 2 is 1.38 bits per heavy atom. The highest BCUT2D eigenvalue weighted by Gasteiger charge is 2.13. The number of fused-ring (bicyclic) bond motifs is 1. The average Bonchev–Trinajstić information content (AvgIpc) is 3.12. The number of rotatable bonds is 4. The molecule has 0 fully saturated rings. The third kappa shape index (κ3) is 3.44. The Hall–Kier alpha value is -4.25. The maximum atomic E-state index is 13.4. The van der Waals surface area contributed by atoms with Crippen LogP contribution in [0.15, 0.2) is 89.7 Å². The van der Waals surface area contributed by atoms with Gasteiger partial charge in [-0.1, -0.05) is 48.5 Å². The predicted molar refractivity (Wildman–Crippen MR) is 129 cm³/mol. The highest BCUT2D eigenvalue weighted by Crippen LogP contribution is 2.21. The van der Waals surface area contributed by atoms with Gasteiger partial charge in [0.2, 0.25) is 0 Å². The van der Waals surface area contributed by atoms with Crippen LogP contribution < -0.4 is 5.56 Å².